The van der Waals surface area contributed by atoms with Crippen LogP contribution in [0.1, 0.15) is 89.3 Å². The van der Waals surface area contributed by atoms with Crippen LogP contribution in [0.5, 0.6) is 0 Å². The third kappa shape index (κ3) is 11.1. The van der Waals surface area contributed by atoms with Crippen LogP contribution >= 0.6 is 0 Å². The van der Waals surface area contributed by atoms with Crippen LogP contribution in [0.2, 0.25) is 0 Å². The van der Waals surface area contributed by atoms with E-state index in [2.05, 4.69) is 84.0 Å². The fraction of sp³-hybridized carbons (Fsp3) is 0.519. The van der Waals surface area contributed by atoms with Gasteiger partial charge in [0, 0.05) is 81.4 Å². The van der Waals surface area contributed by atoms with Crippen molar-refractivity contribution in [1.29, 1.82) is 0 Å². The maximum absolute atomic E-state index is 14.8. The molecule has 0 aliphatic carbocycles. The lowest BCUT2D eigenvalue weighted by Gasteiger charge is -2.37. The number of ether oxygens (including phenoxy) is 2. The van der Waals surface area contributed by atoms with Crippen LogP contribution in [0, 0.1) is 17.3 Å². The van der Waals surface area contributed by atoms with E-state index in [4.69, 9.17) is 14.5 Å². The zero-order chi connectivity index (χ0) is 49.9. The highest BCUT2D eigenvalue weighted by Crippen LogP contribution is 2.42. The highest BCUT2D eigenvalue weighted by Gasteiger charge is 2.40. The topological polar surface area (TPSA) is 159 Å². The molecular weight excluding hydrogens is 873 g/mol. The number of rotatable bonds is 12. The smallest absolute Gasteiger partial charge is 0.324 e. The van der Waals surface area contributed by atoms with E-state index in [0.717, 1.165) is 55.7 Å². The van der Waals surface area contributed by atoms with Gasteiger partial charge < -0.3 is 34.1 Å². The molecule has 2 saturated heterocycles. The van der Waals surface area contributed by atoms with Gasteiger partial charge in [0.05, 0.1) is 30.0 Å². The second-order valence-electron chi connectivity index (χ2n) is 20.5. The molecular formula is C54H72N8O7. The number of carbonyl (C=O) groups excluding carboxylic acids is 5. The van der Waals surface area contributed by atoms with Gasteiger partial charge in [0.15, 0.2) is 0 Å². The Morgan fingerprint density at radius 1 is 1.04 bits per heavy atom. The Bertz CT molecular complexity index is 2580. The Morgan fingerprint density at radius 2 is 1.80 bits per heavy atom. The normalized spacial score (nSPS) is 20.7. The molecule has 370 valence electrons. The highest BCUT2D eigenvalue weighted by atomic mass is 16.5. The predicted octanol–water partition coefficient (Wildman–Crippen LogP) is 6.33. The molecule has 15 heteroatoms. The molecule has 5 heterocycles. The van der Waals surface area contributed by atoms with Crippen molar-refractivity contribution < 1.29 is 33.4 Å². The number of methoxy groups -OCH3 is 1. The van der Waals surface area contributed by atoms with Crippen molar-refractivity contribution in [3.8, 4) is 22.4 Å². The Labute approximate surface area is 407 Å². The molecule has 0 spiro atoms. The maximum Gasteiger partial charge on any atom is 0.324 e. The van der Waals surface area contributed by atoms with Crippen LogP contribution < -0.4 is 10.7 Å². The minimum Gasteiger partial charge on any atom is -0.464 e. The van der Waals surface area contributed by atoms with Gasteiger partial charge in [-0.3, -0.25) is 34.0 Å². The van der Waals surface area contributed by atoms with Gasteiger partial charge >= 0.3 is 5.97 Å². The summed E-state index contributed by atoms with van der Waals surface area (Å²) in [5, 5.41) is 5.59. The minimum atomic E-state index is -1.06. The fourth-order valence-electron chi connectivity index (χ4n) is 10.4. The van der Waals surface area contributed by atoms with Crippen molar-refractivity contribution >= 4 is 40.5 Å². The van der Waals surface area contributed by atoms with Gasteiger partial charge in [-0.15, -0.1) is 0 Å². The molecule has 2 N–H and O–H groups in total. The van der Waals surface area contributed by atoms with E-state index >= 15 is 0 Å². The number of likely N-dealkylation sites (tertiary alicyclic amines) is 1. The summed E-state index contributed by atoms with van der Waals surface area (Å²) in [4.78, 5) is 79.9. The second-order valence-corrected chi connectivity index (χ2v) is 20.5. The van der Waals surface area contributed by atoms with Crippen LogP contribution in [-0.2, 0) is 59.4 Å². The molecule has 15 nitrogen and oxygen atoms in total. The summed E-state index contributed by atoms with van der Waals surface area (Å²) < 4.78 is 14.5. The third-order valence-electron chi connectivity index (χ3n) is 14.0. The Morgan fingerprint density at radius 3 is 2.49 bits per heavy atom. The number of benzene rings is 2. The zero-order valence-electron chi connectivity index (χ0n) is 42.3. The van der Waals surface area contributed by atoms with E-state index in [1.54, 1.807) is 19.1 Å². The average Bonchev–Trinajstić information content (AvgIpc) is 3.94. The maximum atomic E-state index is 14.8. The summed E-state index contributed by atoms with van der Waals surface area (Å²) in [7, 11) is 7.41. The molecule has 3 aliphatic rings. The first-order chi connectivity index (χ1) is 32.8. The van der Waals surface area contributed by atoms with Gasteiger partial charge in [-0.05, 0) is 112 Å². The lowest BCUT2D eigenvalue weighted by atomic mass is 9.84. The van der Waals surface area contributed by atoms with Crippen molar-refractivity contribution in [3.05, 3.63) is 89.8 Å². The molecule has 0 saturated carbocycles. The first-order valence-corrected chi connectivity index (χ1v) is 24.5. The number of hydrazine groups is 1. The quantitative estimate of drug-likeness (QED) is 0.122. The Kier molecular flexibility index (Phi) is 15.8. The monoisotopic (exact) mass is 945 g/mol. The highest BCUT2D eigenvalue weighted by molar-refractivity contribution is 5.96. The number of aryl methyl sites for hydroxylation is 1. The molecule has 5 atom stereocenters. The number of likely N-dealkylation sites (N-methyl/N-ethyl adjacent to an activating group) is 1. The lowest BCUT2D eigenvalue weighted by Crippen LogP contribution is -2.62. The number of carbonyl (C=O) groups is 5. The molecule has 0 radical (unpaired) electrons. The summed E-state index contributed by atoms with van der Waals surface area (Å²) in [6, 6.07) is 14.1. The molecule has 6 bridgehead atoms. The standard InChI is InChI=1S/C54H72N8O7/c1-12-46(63)60-23-21-39(31-60)51(65)59(10)48(33(3)4)50(64)56-44-26-35-16-14-17-37(24-35)38-19-20-45-40(27-38)42(28-54(6,7)32-69-53(67)43-18-15-22-62(57-43)52(44)66)49(61(45)13-2)41-25-36(30-58(8)9)29-55-47(41)34(5)68-11/h12,14,16-17,19-20,24-25,27,29,33-34,39,43-44,48,57H,1,13,15,18,21-23,26,28,30-32H2,2-11H3,(H,56,64)/t34-,39?,43-,44-,48?/m0/s1. The SMILES string of the molecule is C=CC(=O)N1CCC(C(=O)N(C)C(C(=O)N[C@H]2Cc3cccc(c3)-c3ccc4c(c3)c(c(-c3cc(CN(C)C)cnc3[C@H](C)OC)n4CC)CC(C)(C)COC(=O)[C@@H]3CCCN(N3)C2=O)C(C)C)C1. The molecule has 4 aromatic rings. The van der Waals surface area contributed by atoms with Gasteiger partial charge in [-0.25, -0.2) is 5.43 Å². The molecule has 3 aliphatic heterocycles. The van der Waals surface area contributed by atoms with Crippen molar-refractivity contribution in [2.75, 3.05) is 54.5 Å². The second kappa shape index (κ2) is 21.4. The Balaban J connectivity index is 1.31. The number of aromatic nitrogens is 2. The summed E-state index contributed by atoms with van der Waals surface area (Å²) >= 11 is 0. The van der Waals surface area contributed by atoms with Gasteiger partial charge in [0.25, 0.3) is 5.91 Å². The Hall–Kier alpha value is -5.90. The molecule has 2 aromatic carbocycles. The van der Waals surface area contributed by atoms with E-state index in [1.165, 1.54) is 16.0 Å². The molecule has 7 rings (SSSR count). The fourth-order valence-corrected chi connectivity index (χ4v) is 10.4. The number of pyridine rings is 1. The van der Waals surface area contributed by atoms with E-state index in [0.29, 0.717) is 51.9 Å². The third-order valence-corrected chi connectivity index (χ3v) is 14.0. The van der Waals surface area contributed by atoms with Crippen molar-refractivity contribution in [1.82, 2.24) is 40.0 Å². The predicted molar refractivity (Wildman–Crippen MR) is 267 cm³/mol. The lowest BCUT2D eigenvalue weighted by molar-refractivity contribution is -0.155. The largest absolute Gasteiger partial charge is 0.464 e. The van der Waals surface area contributed by atoms with Crippen LogP contribution in [-0.4, -0.2) is 131 Å². The van der Waals surface area contributed by atoms with Crippen molar-refractivity contribution in [2.45, 2.75) is 111 Å². The van der Waals surface area contributed by atoms with E-state index in [9.17, 15) is 24.0 Å². The molecule has 4 amide bonds. The zero-order valence-corrected chi connectivity index (χ0v) is 42.3. The molecule has 2 unspecified atom stereocenters. The van der Waals surface area contributed by atoms with Crippen LogP contribution in [0.3, 0.4) is 0 Å². The van der Waals surface area contributed by atoms with Gasteiger partial charge in [-0.2, -0.15) is 0 Å². The number of hydrogen-bond donors (Lipinski definition) is 2. The van der Waals surface area contributed by atoms with Crippen LogP contribution in [0.25, 0.3) is 33.3 Å². The average molecular weight is 945 g/mol. The molecule has 69 heavy (non-hydrogen) atoms. The molecule has 2 fully saturated rings. The summed E-state index contributed by atoms with van der Waals surface area (Å²) in [5.74, 6) is -2.57. The summed E-state index contributed by atoms with van der Waals surface area (Å²) in [6.45, 7) is 18.3. The van der Waals surface area contributed by atoms with E-state index in [1.807, 2.05) is 53.2 Å². The van der Waals surface area contributed by atoms with Crippen LogP contribution in [0.15, 0.2) is 67.4 Å². The van der Waals surface area contributed by atoms with Gasteiger partial charge in [0.2, 0.25) is 17.7 Å². The summed E-state index contributed by atoms with van der Waals surface area (Å²) in [5.41, 5.74) is 11.6. The van der Waals surface area contributed by atoms with Gasteiger partial charge in [-0.1, -0.05) is 64.6 Å². The van der Waals surface area contributed by atoms with Crippen molar-refractivity contribution in [3.63, 3.8) is 0 Å². The van der Waals surface area contributed by atoms with Gasteiger partial charge in [0.1, 0.15) is 18.1 Å². The molecule has 2 aromatic heterocycles. The number of nitrogens with one attached hydrogen (secondary N) is 2. The number of hydrogen-bond acceptors (Lipinski definition) is 10. The minimum absolute atomic E-state index is 0.128. The van der Waals surface area contributed by atoms with Crippen LogP contribution in [0.4, 0.5) is 0 Å². The van der Waals surface area contributed by atoms with E-state index < -0.39 is 47.2 Å². The summed E-state index contributed by atoms with van der Waals surface area (Å²) in [6.07, 6.45) is 5.11. The number of nitrogens with zero attached hydrogens (tertiary/aromatic N) is 6. The number of esters is 1. The first kappa shape index (κ1) is 51.0. The first-order valence-electron chi connectivity index (χ1n) is 24.5. The van der Waals surface area contributed by atoms with E-state index in [-0.39, 0.29) is 43.4 Å². The number of cyclic esters (lactones) is 1. The number of amides is 4. The number of fused-ring (bicyclic) bond motifs is 6. The van der Waals surface area contributed by atoms with Crippen molar-refractivity contribution in [2.24, 2.45) is 17.3 Å².